The molecule has 3 heterocycles. The molecule has 0 bridgehead atoms. The lowest BCUT2D eigenvalue weighted by Crippen LogP contribution is -2.55. The second-order valence-corrected chi connectivity index (χ2v) is 8.06. The van der Waals surface area contributed by atoms with Gasteiger partial charge in [-0.2, -0.15) is 0 Å². The van der Waals surface area contributed by atoms with Gasteiger partial charge in [0.15, 0.2) is 5.13 Å². The maximum atomic E-state index is 12.2. The molecule has 2 aromatic rings. The molecule has 0 saturated carbocycles. The van der Waals surface area contributed by atoms with Crippen molar-refractivity contribution in [3.05, 3.63) is 18.2 Å². The van der Waals surface area contributed by atoms with Gasteiger partial charge >= 0.3 is 0 Å². The highest BCUT2D eigenvalue weighted by Gasteiger charge is 2.37. The number of carbonyl (C=O) groups is 2. The van der Waals surface area contributed by atoms with E-state index in [0.717, 1.165) is 33.3 Å². The SMILES string of the molecule is COc1ccc2sc(N3CC(C(=O)N[C@@H]4CCSC4=O)C3)nc2c1. The minimum atomic E-state index is -0.300. The van der Waals surface area contributed by atoms with E-state index in [-0.39, 0.29) is 23.0 Å². The normalized spacial score (nSPS) is 21.1. The van der Waals surface area contributed by atoms with Crippen molar-refractivity contribution in [1.82, 2.24) is 10.3 Å². The Morgan fingerprint density at radius 3 is 2.96 bits per heavy atom. The standard InChI is InChI=1S/C16H17N3O3S2/c1-22-10-2-3-13-12(6-10)18-16(24-13)19-7-9(8-19)14(20)17-11-4-5-23-15(11)21/h2-3,6,9,11H,4-5,7-8H2,1H3,(H,17,20)/t11-/m1/s1. The van der Waals surface area contributed by atoms with Crippen LogP contribution in [0.3, 0.4) is 0 Å². The molecule has 2 aliphatic heterocycles. The molecule has 1 aromatic carbocycles. The van der Waals surface area contributed by atoms with E-state index in [9.17, 15) is 9.59 Å². The Morgan fingerprint density at radius 2 is 2.25 bits per heavy atom. The third-order valence-corrected chi connectivity index (χ3v) is 6.46. The van der Waals surface area contributed by atoms with Gasteiger partial charge < -0.3 is 15.0 Å². The predicted molar refractivity (Wildman–Crippen MR) is 95.9 cm³/mol. The predicted octanol–water partition coefficient (Wildman–Crippen LogP) is 1.89. The molecular weight excluding hydrogens is 346 g/mol. The van der Waals surface area contributed by atoms with Crippen LogP contribution in [0.2, 0.25) is 0 Å². The van der Waals surface area contributed by atoms with Gasteiger partial charge in [-0.15, -0.1) is 0 Å². The molecule has 2 saturated heterocycles. The van der Waals surface area contributed by atoms with E-state index < -0.39 is 0 Å². The van der Waals surface area contributed by atoms with E-state index >= 15 is 0 Å². The monoisotopic (exact) mass is 363 g/mol. The summed E-state index contributed by atoms with van der Waals surface area (Å²) in [5.41, 5.74) is 0.913. The van der Waals surface area contributed by atoms with Crippen molar-refractivity contribution in [2.24, 2.45) is 5.92 Å². The van der Waals surface area contributed by atoms with Crippen molar-refractivity contribution >= 4 is 49.5 Å². The van der Waals surface area contributed by atoms with Gasteiger partial charge in [-0.25, -0.2) is 4.98 Å². The van der Waals surface area contributed by atoms with E-state index in [1.165, 1.54) is 11.8 Å². The summed E-state index contributed by atoms with van der Waals surface area (Å²) < 4.78 is 6.33. The average molecular weight is 363 g/mol. The molecule has 1 atom stereocenters. The summed E-state index contributed by atoms with van der Waals surface area (Å²) in [4.78, 5) is 30.6. The fourth-order valence-electron chi connectivity index (χ4n) is 2.87. The summed E-state index contributed by atoms with van der Waals surface area (Å²) in [6, 6.07) is 5.55. The molecule has 0 spiro atoms. The molecule has 1 N–H and O–H groups in total. The number of amides is 1. The van der Waals surface area contributed by atoms with E-state index in [4.69, 9.17) is 4.74 Å². The van der Waals surface area contributed by atoms with Crippen LogP contribution in [0.25, 0.3) is 10.2 Å². The molecule has 4 rings (SSSR count). The number of methoxy groups -OCH3 is 1. The topological polar surface area (TPSA) is 71.5 Å². The number of nitrogens with zero attached hydrogens (tertiary/aromatic N) is 2. The van der Waals surface area contributed by atoms with Crippen LogP contribution in [0.4, 0.5) is 5.13 Å². The van der Waals surface area contributed by atoms with Gasteiger partial charge in [0.1, 0.15) is 5.75 Å². The van der Waals surface area contributed by atoms with Crippen LogP contribution in [-0.2, 0) is 9.59 Å². The van der Waals surface area contributed by atoms with Crippen LogP contribution < -0.4 is 15.0 Å². The number of anilines is 1. The second kappa shape index (κ2) is 6.25. The molecule has 6 nitrogen and oxygen atoms in total. The van der Waals surface area contributed by atoms with Crippen LogP contribution in [0, 0.1) is 5.92 Å². The van der Waals surface area contributed by atoms with E-state index in [2.05, 4.69) is 15.2 Å². The quantitative estimate of drug-likeness (QED) is 0.894. The summed E-state index contributed by atoms with van der Waals surface area (Å²) >= 11 is 2.92. The number of ether oxygens (including phenoxy) is 1. The number of thioether (sulfide) groups is 1. The lowest BCUT2D eigenvalue weighted by Gasteiger charge is -2.38. The lowest BCUT2D eigenvalue weighted by molar-refractivity contribution is -0.128. The highest BCUT2D eigenvalue weighted by Crippen LogP contribution is 2.34. The van der Waals surface area contributed by atoms with Gasteiger partial charge in [0.2, 0.25) is 11.0 Å². The number of fused-ring (bicyclic) bond motifs is 1. The molecule has 0 radical (unpaired) electrons. The number of nitrogens with one attached hydrogen (secondary N) is 1. The summed E-state index contributed by atoms with van der Waals surface area (Å²) in [7, 11) is 1.64. The Labute approximate surface area is 147 Å². The van der Waals surface area contributed by atoms with Gasteiger partial charge in [-0.1, -0.05) is 23.1 Å². The third-order valence-electron chi connectivity index (χ3n) is 4.36. The second-order valence-electron chi connectivity index (χ2n) is 5.95. The van der Waals surface area contributed by atoms with E-state index in [1.54, 1.807) is 18.4 Å². The van der Waals surface area contributed by atoms with Crippen molar-refractivity contribution in [2.75, 3.05) is 30.9 Å². The molecule has 2 aliphatic rings. The Bertz CT molecular complexity index is 801. The van der Waals surface area contributed by atoms with E-state index in [0.29, 0.717) is 13.1 Å². The summed E-state index contributed by atoms with van der Waals surface area (Å²) in [5, 5.41) is 3.88. The van der Waals surface area contributed by atoms with Crippen molar-refractivity contribution in [1.29, 1.82) is 0 Å². The lowest BCUT2D eigenvalue weighted by atomic mass is 9.99. The molecule has 24 heavy (non-hydrogen) atoms. The van der Waals surface area contributed by atoms with Gasteiger partial charge in [-0.05, 0) is 18.6 Å². The number of hydrogen-bond donors (Lipinski definition) is 1. The molecule has 1 aromatic heterocycles. The highest BCUT2D eigenvalue weighted by atomic mass is 32.2. The number of thiazole rings is 1. The zero-order valence-corrected chi connectivity index (χ0v) is 14.8. The Kier molecular flexibility index (Phi) is 4.09. The molecule has 1 amide bonds. The van der Waals surface area contributed by atoms with Crippen LogP contribution in [0.1, 0.15) is 6.42 Å². The highest BCUT2D eigenvalue weighted by molar-refractivity contribution is 8.14. The first-order valence-electron chi connectivity index (χ1n) is 7.80. The van der Waals surface area contributed by atoms with Crippen molar-refractivity contribution < 1.29 is 14.3 Å². The van der Waals surface area contributed by atoms with Crippen molar-refractivity contribution in [3.8, 4) is 5.75 Å². The fourth-order valence-corrected chi connectivity index (χ4v) is 4.77. The smallest absolute Gasteiger partial charge is 0.227 e. The van der Waals surface area contributed by atoms with Gasteiger partial charge in [0, 0.05) is 24.9 Å². The summed E-state index contributed by atoms with van der Waals surface area (Å²) in [6.07, 6.45) is 0.741. The van der Waals surface area contributed by atoms with Gasteiger partial charge in [0.25, 0.3) is 0 Å². The first kappa shape index (κ1) is 15.7. The van der Waals surface area contributed by atoms with E-state index in [1.807, 2.05) is 18.2 Å². The minimum Gasteiger partial charge on any atom is -0.497 e. The van der Waals surface area contributed by atoms with Gasteiger partial charge in [0.05, 0.1) is 29.3 Å². The third kappa shape index (κ3) is 2.84. The first-order chi connectivity index (χ1) is 11.6. The van der Waals surface area contributed by atoms with Crippen LogP contribution >= 0.6 is 23.1 Å². The number of hydrogen-bond acceptors (Lipinski definition) is 7. The Hall–Kier alpha value is -1.80. The van der Waals surface area contributed by atoms with Crippen LogP contribution in [0.15, 0.2) is 18.2 Å². The molecule has 0 aliphatic carbocycles. The average Bonchev–Trinajstić information content (AvgIpc) is 3.11. The largest absolute Gasteiger partial charge is 0.497 e. The zero-order valence-electron chi connectivity index (χ0n) is 13.2. The van der Waals surface area contributed by atoms with Crippen LogP contribution in [0.5, 0.6) is 5.75 Å². The number of aromatic nitrogens is 1. The molecule has 0 unspecified atom stereocenters. The number of benzene rings is 1. The first-order valence-corrected chi connectivity index (χ1v) is 9.61. The Morgan fingerprint density at radius 1 is 1.42 bits per heavy atom. The van der Waals surface area contributed by atoms with Crippen LogP contribution in [-0.4, -0.2) is 48.0 Å². The molecule has 126 valence electrons. The van der Waals surface area contributed by atoms with Crippen molar-refractivity contribution in [2.45, 2.75) is 12.5 Å². The minimum absolute atomic E-state index is 0.0186. The number of carbonyl (C=O) groups excluding carboxylic acids is 2. The maximum Gasteiger partial charge on any atom is 0.227 e. The number of rotatable bonds is 4. The maximum absolute atomic E-state index is 12.2. The molecule has 8 heteroatoms. The zero-order chi connectivity index (χ0) is 16.7. The van der Waals surface area contributed by atoms with Gasteiger partial charge in [-0.3, -0.25) is 9.59 Å². The Balaban J connectivity index is 1.38. The fraction of sp³-hybridized carbons (Fsp3) is 0.438. The molecular formula is C16H17N3O3S2. The van der Waals surface area contributed by atoms with Crippen molar-refractivity contribution in [3.63, 3.8) is 0 Å². The summed E-state index contributed by atoms with van der Waals surface area (Å²) in [6.45, 7) is 1.30. The summed E-state index contributed by atoms with van der Waals surface area (Å²) in [5.74, 6) is 1.51. The molecule has 2 fully saturated rings.